The van der Waals surface area contributed by atoms with E-state index >= 15 is 0 Å². The molecule has 0 saturated carbocycles. The molecule has 22 heavy (non-hydrogen) atoms. The molecule has 0 unspecified atom stereocenters. The van der Waals surface area contributed by atoms with Crippen LogP contribution in [0.4, 0.5) is 10.2 Å². The van der Waals surface area contributed by atoms with Crippen LogP contribution in [-0.4, -0.2) is 22.1 Å². The number of halogens is 1. The predicted molar refractivity (Wildman–Crippen MR) is 76.4 cm³/mol. The molecule has 1 aliphatic rings. The second kappa shape index (κ2) is 5.36. The van der Waals surface area contributed by atoms with Gasteiger partial charge in [-0.15, -0.1) is 0 Å². The van der Waals surface area contributed by atoms with Crippen molar-refractivity contribution in [1.29, 1.82) is 0 Å². The van der Waals surface area contributed by atoms with Crippen molar-refractivity contribution in [3.05, 3.63) is 47.4 Å². The van der Waals surface area contributed by atoms with E-state index < -0.39 is 11.9 Å². The fourth-order valence-corrected chi connectivity index (χ4v) is 2.32. The van der Waals surface area contributed by atoms with Gasteiger partial charge in [0, 0.05) is 12.0 Å². The van der Waals surface area contributed by atoms with Crippen LogP contribution in [0.15, 0.2) is 30.5 Å². The average Bonchev–Trinajstić information content (AvgIpc) is 2.48. The summed E-state index contributed by atoms with van der Waals surface area (Å²) in [5.41, 5.74) is 6.92. The van der Waals surface area contributed by atoms with Crippen molar-refractivity contribution in [3.63, 3.8) is 0 Å². The molecule has 2 aromatic rings. The predicted octanol–water partition coefficient (Wildman–Crippen LogP) is 1.93. The van der Waals surface area contributed by atoms with Crippen molar-refractivity contribution in [3.8, 4) is 11.5 Å². The number of fused-ring (bicyclic) bond motifs is 1. The van der Waals surface area contributed by atoms with Crippen LogP contribution in [-0.2, 0) is 11.2 Å². The van der Waals surface area contributed by atoms with E-state index in [0.717, 1.165) is 0 Å². The number of rotatable bonds is 2. The molecule has 1 aromatic heterocycles. The smallest absolute Gasteiger partial charge is 0.269 e. The minimum atomic E-state index is -0.817. The molecular weight excluding hydrogens is 289 g/mol. The monoisotopic (exact) mass is 303 g/mol. The van der Waals surface area contributed by atoms with Gasteiger partial charge in [0.05, 0.1) is 12.2 Å². The third kappa shape index (κ3) is 2.51. The first-order valence-corrected chi connectivity index (χ1v) is 6.67. The third-order valence-electron chi connectivity index (χ3n) is 3.45. The number of carbonyl (C=O) groups is 1. The summed E-state index contributed by atoms with van der Waals surface area (Å²) in [6.45, 7) is 1.73. The van der Waals surface area contributed by atoms with Crippen molar-refractivity contribution in [2.24, 2.45) is 5.73 Å². The Balaban J connectivity index is 1.91. The number of benzene rings is 1. The SMILES string of the molecule is Cc1cc(F)ccc1Oc1cnc2c(c1)C[C@H](N)C(=O)N2O. The van der Waals surface area contributed by atoms with Crippen LogP contribution in [0.1, 0.15) is 11.1 Å². The van der Waals surface area contributed by atoms with Gasteiger partial charge in [0.1, 0.15) is 17.3 Å². The lowest BCUT2D eigenvalue weighted by molar-refractivity contribution is -0.125. The molecule has 3 rings (SSSR count). The van der Waals surface area contributed by atoms with E-state index in [-0.39, 0.29) is 18.1 Å². The lowest BCUT2D eigenvalue weighted by Crippen LogP contribution is -2.47. The summed E-state index contributed by atoms with van der Waals surface area (Å²) in [7, 11) is 0. The summed E-state index contributed by atoms with van der Waals surface area (Å²) in [5.74, 6) is 0.135. The Morgan fingerprint density at radius 2 is 2.23 bits per heavy atom. The van der Waals surface area contributed by atoms with Crippen molar-refractivity contribution in [1.82, 2.24) is 4.98 Å². The number of nitrogens with zero attached hydrogens (tertiary/aromatic N) is 2. The van der Waals surface area contributed by atoms with Crippen LogP contribution in [0.2, 0.25) is 0 Å². The van der Waals surface area contributed by atoms with Gasteiger partial charge >= 0.3 is 0 Å². The molecule has 0 radical (unpaired) electrons. The Bertz CT molecular complexity index is 751. The summed E-state index contributed by atoms with van der Waals surface area (Å²) in [6.07, 6.45) is 1.65. The standard InChI is InChI=1S/C15H14FN3O3/c1-8-4-10(16)2-3-13(8)22-11-5-9-6-12(17)15(20)19(21)14(9)18-7-11/h2-5,7,12,21H,6,17H2,1H3/t12-/m0/s1. The molecule has 0 bridgehead atoms. The van der Waals surface area contributed by atoms with Gasteiger partial charge < -0.3 is 10.5 Å². The van der Waals surface area contributed by atoms with Crippen LogP contribution in [0, 0.1) is 12.7 Å². The lowest BCUT2D eigenvalue weighted by atomic mass is 10.0. The van der Waals surface area contributed by atoms with Crippen molar-refractivity contribution in [2.45, 2.75) is 19.4 Å². The molecule has 1 atom stereocenters. The molecule has 6 nitrogen and oxygen atoms in total. The summed E-state index contributed by atoms with van der Waals surface area (Å²) in [6, 6.07) is 5.03. The van der Waals surface area contributed by atoms with E-state index in [2.05, 4.69) is 4.98 Å². The molecule has 1 aromatic carbocycles. The summed E-state index contributed by atoms with van der Waals surface area (Å²) in [5, 5.41) is 10.2. The quantitative estimate of drug-likeness (QED) is 0.828. The van der Waals surface area contributed by atoms with Crippen LogP contribution in [0.3, 0.4) is 0 Å². The molecular formula is C15H14FN3O3. The fraction of sp³-hybridized carbons (Fsp3) is 0.200. The molecule has 7 heteroatoms. The van der Waals surface area contributed by atoms with Crippen LogP contribution >= 0.6 is 0 Å². The molecule has 3 N–H and O–H groups in total. The highest BCUT2D eigenvalue weighted by Crippen LogP contribution is 2.30. The molecule has 114 valence electrons. The van der Waals surface area contributed by atoms with E-state index in [4.69, 9.17) is 10.5 Å². The number of aromatic nitrogens is 1. The number of pyridine rings is 1. The Kier molecular flexibility index (Phi) is 3.51. The summed E-state index contributed by atoms with van der Waals surface area (Å²) >= 11 is 0. The van der Waals surface area contributed by atoms with Gasteiger partial charge in [-0.3, -0.25) is 10.0 Å². The lowest BCUT2D eigenvalue weighted by Gasteiger charge is -2.26. The van der Waals surface area contributed by atoms with Crippen molar-refractivity contribution >= 4 is 11.7 Å². The van der Waals surface area contributed by atoms with E-state index in [9.17, 15) is 14.4 Å². The van der Waals surface area contributed by atoms with Gasteiger partial charge in [-0.25, -0.2) is 9.37 Å². The number of amides is 1. The third-order valence-corrected chi connectivity index (χ3v) is 3.45. The van der Waals surface area contributed by atoms with Gasteiger partial charge in [0.15, 0.2) is 5.82 Å². The first-order valence-electron chi connectivity index (χ1n) is 6.67. The van der Waals surface area contributed by atoms with E-state index in [1.54, 1.807) is 13.0 Å². The maximum absolute atomic E-state index is 13.1. The number of hydrogen-bond acceptors (Lipinski definition) is 5. The van der Waals surface area contributed by atoms with Crippen LogP contribution < -0.4 is 15.5 Å². The highest BCUT2D eigenvalue weighted by molar-refractivity contribution is 5.97. The minimum Gasteiger partial charge on any atom is -0.455 e. The van der Waals surface area contributed by atoms with E-state index in [1.165, 1.54) is 24.4 Å². The summed E-state index contributed by atoms with van der Waals surface area (Å²) in [4.78, 5) is 15.6. The molecule has 1 amide bonds. The van der Waals surface area contributed by atoms with Gasteiger partial charge in [-0.05, 0) is 36.8 Å². The molecule has 0 aliphatic carbocycles. The number of nitrogens with two attached hydrogens (primary N) is 1. The Morgan fingerprint density at radius 3 is 2.95 bits per heavy atom. The number of carbonyl (C=O) groups excluding carboxylic acids is 1. The number of anilines is 1. The first-order chi connectivity index (χ1) is 10.5. The van der Waals surface area contributed by atoms with Crippen LogP contribution in [0.5, 0.6) is 11.5 Å². The van der Waals surface area contributed by atoms with Gasteiger partial charge in [0.25, 0.3) is 5.91 Å². The molecule has 0 spiro atoms. The minimum absolute atomic E-state index is 0.148. The number of hydroxylamine groups is 1. The second-order valence-electron chi connectivity index (χ2n) is 5.13. The zero-order chi connectivity index (χ0) is 15.9. The van der Waals surface area contributed by atoms with E-state index in [0.29, 0.717) is 27.7 Å². The Labute approximate surface area is 125 Å². The number of aryl methyl sites for hydroxylation is 1. The Hall–Kier alpha value is -2.51. The van der Waals surface area contributed by atoms with E-state index in [1.807, 2.05) is 0 Å². The van der Waals surface area contributed by atoms with Gasteiger partial charge in [0.2, 0.25) is 0 Å². The number of hydrogen-bond donors (Lipinski definition) is 2. The molecule has 2 heterocycles. The fourth-order valence-electron chi connectivity index (χ4n) is 2.32. The average molecular weight is 303 g/mol. The summed E-state index contributed by atoms with van der Waals surface area (Å²) < 4.78 is 18.8. The topological polar surface area (TPSA) is 88.7 Å². The molecule has 0 saturated heterocycles. The van der Waals surface area contributed by atoms with Crippen LogP contribution in [0.25, 0.3) is 0 Å². The number of ether oxygens (including phenoxy) is 1. The maximum Gasteiger partial charge on any atom is 0.269 e. The van der Waals surface area contributed by atoms with Gasteiger partial charge in [-0.2, -0.15) is 5.06 Å². The second-order valence-corrected chi connectivity index (χ2v) is 5.13. The highest BCUT2D eigenvalue weighted by atomic mass is 19.1. The highest BCUT2D eigenvalue weighted by Gasteiger charge is 2.31. The maximum atomic E-state index is 13.1. The van der Waals surface area contributed by atoms with Gasteiger partial charge in [-0.1, -0.05) is 0 Å². The first kappa shape index (κ1) is 14.4. The largest absolute Gasteiger partial charge is 0.455 e. The Morgan fingerprint density at radius 1 is 1.45 bits per heavy atom. The molecule has 0 fully saturated rings. The van der Waals surface area contributed by atoms with Crippen molar-refractivity contribution < 1.29 is 19.1 Å². The zero-order valence-electron chi connectivity index (χ0n) is 11.8. The molecule has 1 aliphatic heterocycles. The van der Waals surface area contributed by atoms with Crippen molar-refractivity contribution in [2.75, 3.05) is 5.06 Å². The zero-order valence-corrected chi connectivity index (χ0v) is 11.8. The normalized spacial score (nSPS) is 17.4.